The van der Waals surface area contributed by atoms with Gasteiger partial charge in [0.2, 0.25) is 0 Å². The topological polar surface area (TPSA) is 9.23 Å². The molecule has 2 atom stereocenters. The summed E-state index contributed by atoms with van der Waals surface area (Å²) in [5, 5.41) is 3.40. The Bertz CT molecular complexity index is 1350. The Morgan fingerprint density at radius 3 is 1.82 bits per heavy atom. The summed E-state index contributed by atoms with van der Waals surface area (Å²) in [6, 6.07) is 9.24. The molecule has 1 nitrogen and oxygen atoms in total. The maximum Gasteiger partial charge on any atom is 0.130 e. The first-order chi connectivity index (χ1) is 17.4. The summed E-state index contributed by atoms with van der Waals surface area (Å²) in [6.45, 7) is 30.8. The van der Waals surface area contributed by atoms with Crippen LogP contribution >= 0.6 is 0 Å². The number of hydrogen-bond donors (Lipinski definition) is 0. The van der Waals surface area contributed by atoms with Crippen molar-refractivity contribution < 1.29 is 4.74 Å². The third-order valence-electron chi connectivity index (χ3n) is 9.58. The van der Waals surface area contributed by atoms with Crippen LogP contribution in [0, 0.1) is 17.3 Å². The number of fused-ring (bicyclic) bond motifs is 1. The Hall–Kier alpha value is -2.32. The van der Waals surface area contributed by atoms with Crippen molar-refractivity contribution in [3.8, 4) is 0 Å². The van der Waals surface area contributed by atoms with Gasteiger partial charge in [-0.3, -0.25) is 0 Å². The molecule has 0 saturated carbocycles. The normalized spacial score (nSPS) is 22.9. The molecule has 0 aliphatic heterocycles. The van der Waals surface area contributed by atoms with Crippen LogP contribution in [0.3, 0.4) is 0 Å². The zero-order valence-corrected chi connectivity index (χ0v) is 27.5. The molecule has 4 rings (SSSR count). The third kappa shape index (κ3) is 4.47. The van der Waals surface area contributed by atoms with Crippen LogP contribution in [0.4, 0.5) is 0 Å². The summed E-state index contributed by atoms with van der Waals surface area (Å²) < 4.78 is 6.27. The lowest BCUT2D eigenvalue weighted by Crippen LogP contribution is -2.39. The minimum absolute atomic E-state index is 0.0225. The molecule has 0 spiro atoms. The zero-order valence-electron chi connectivity index (χ0n) is 26.5. The van der Waals surface area contributed by atoms with Gasteiger partial charge < -0.3 is 4.74 Å². The van der Waals surface area contributed by atoms with Gasteiger partial charge in [0.1, 0.15) is 13.8 Å². The average molecular weight is 527 g/mol. The Labute approximate surface area is 234 Å². The molecule has 2 unspecified atom stereocenters. The smallest absolute Gasteiger partial charge is 0.130 e. The zero-order chi connectivity index (χ0) is 28.5. The molecule has 0 N–H and O–H groups in total. The largest absolute Gasteiger partial charge is 0.496 e. The van der Waals surface area contributed by atoms with Crippen molar-refractivity contribution in [2.24, 2.45) is 17.3 Å². The minimum Gasteiger partial charge on any atom is -0.496 e. The molecule has 0 fully saturated rings. The third-order valence-corrected chi connectivity index (χ3v) is 13.8. The van der Waals surface area contributed by atoms with Crippen LogP contribution in [0.1, 0.15) is 87.3 Å². The molecule has 204 valence electrons. The summed E-state index contributed by atoms with van der Waals surface area (Å²) in [4.78, 5) is 0. The molecule has 0 radical (unpaired) electrons. The van der Waals surface area contributed by atoms with Gasteiger partial charge in [-0.15, -0.1) is 0 Å². The van der Waals surface area contributed by atoms with Gasteiger partial charge in [0, 0.05) is 11.5 Å². The predicted molar refractivity (Wildman–Crippen MR) is 169 cm³/mol. The first kappa shape index (κ1) is 28.7. The van der Waals surface area contributed by atoms with Crippen LogP contribution in [-0.2, 0) is 10.2 Å². The molecule has 3 aliphatic carbocycles. The Morgan fingerprint density at radius 1 is 0.789 bits per heavy atom. The van der Waals surface area contributed by atoms with E-state index in [4.69, 9.17) is 4.74 Å². The molecule has 0 amide bonds. The first-order valence-corrected chi connectivity index (χ1v) is 17.4. The van der Waals surface area contributed by atoms with Crippen molar-refractivity contribution in [2.75, 3.05) is 7.11 Å². The standard InChI is InChI=1S/C36H50OSi/c1-21-19-28-29(33(21)38(13,14)34-24(4)22(2)23(3)25(34)5)20-30(36(9,10)11)32(37-12)31(28)26-15-17-27(18-16-26)35(6,7)8/h15-20,24,29H,1-14H3. The lowest BCUT2D eigenvalue weighted by Gasteiger charge is -2.39. The molecular weight excluding hydrogens is 476 g/mol. The van der Waals surface area contributed by atoms with Crippen LogP contribution in [0.2, 0.25) is 13.1 Å². The second kappa shape index (κ2) is 9.40. The fraction of sp³-hybridized carbons (Fsp3) is 0.500. The molecular formula is C36H50OSi. The molecule has 1 aromatic carbocycles. The summed E-state index contributed by atoms with van der Waals surface area (Å²) in [5.74, 6) is 1.87. The van der Waals surface area contributed by atoms with E-state index >= 15 is 0 Å². The van der Waals surface area contributed by atoms with Crippen molar-refractivity contribution >= 4 is 13.6 Å². The average Bonchev–Trinajstić information content (AvgIpc) is 3.25. The van der Waals surface area contributed by atoms with E-state index in [1.807, 2.05) is 7.11 Å². The summed E-state index contributed by atoms with van der Waals surface area (Å²) in [7, 11) is -0.0990. The van der Waals surface area contributed by atoms with Gasteiger partial charge in [0.05, 0.1) is 7.11 Å². The lowest BCUT2D eigenvalue weighted by atomic mass is 9.74. The van der Waals surface area contributed by atoms with Gasteiger partial charge in [-0.05, 0) is 72.3 Å². The number of methoxy groups -OCH3 is 1. The van der Waals surface area contributed by atoms with Crippen molar-refractivity contribution in [2.45, 2.75) is 94.7 Å². The number of allylic oxidation sites excluding steroid dienone is 11. The highest BCUT2D eigenvalue weighted by molar-refractivity contribution is 6.91. The monoisotopic (exact) mass is 526 g/mol. The molecule has 2 heteroatoms. The van der Waals surface area contributed by atoms with Gasteiger partial charge >= 0.3 is 0 Å². The van der Waals surface area contributed by atoms with E-state index in [-0.39, 0.29) is 10.8 Å². The number of ether oxygens (including phenoxy) is 1. The summed E-state index contributed by atoms with van der Waals surface area (Å²) in [6.07, 6.45) is 5.04. The highest BCUT2D eigenvalue weighted by Crippen LogP contribution is 2.55. The van der Waals surface area contributed by atoms with E-state index in [1.165, 1.54) is 39.0 Å². The maximum atomic E-state index is 6.27. The summed E-state index contributed by atoms with van der Waals surface area (Å²) in [5.41, 5.74) is 12.8. The first-order valence-electron chi connectivity index (χ1n) is 14.4. The fourth-order valence-electron chi connectivity index (χ4n) is 7.35. The van der Waals surface area contributed by atoms with Crippen molar-refractivity contribution in [3.05, 3.63) is 97.1 Å². The van der Waals surface area contributed by atoms with E-state index in [0.717, 1.165) is 5.76 Å². The molecule has 0 bridgehead atoms. The van der Waals surface area contributed by atoms with E-state index in [0.29, 0.717) is 11.8 Å². The molecule has 0 aromatic heterocycles. The van der Waals surface area contributed by atoms with E-state index in [1.54, 1.807) is 21.5 Å². The highest BCUT2D eigenvalue weighted by Gasteiger charge is 2.46. The SMILES string of the molecule is COC1=C(c2ccc(C(C)(C)C)cc2)C2=CC(C)=C([Si](C)(C)C3=C(C)C(C)=C(C)C3C)C2C=C1C(C)(C)C. The highest BCUT2D eigenvalue weighted by atomic mass is 28.3. The van der Waals surface area contributed by atoms with Gasteiger partial charge in [0.25, 0.3) is 0 Å². The van der Waals surface area contributed by atoms with Crippen LogP contribution < -0.4 is 0 Å². The second-order valence-electron chi connectivity index (χ2n) is 14.4. The second-order valence-corrected chi connectivity index (χ2v) is 18.8. The predicted octanol–water partition coefficient (Wildman–Crippen LogP) is 10.3. The molecule has 0 heterocycles. The Kier molecular flexibility index (Phi) is 7.10. The maximum absolute atomic E-state index is 6.27. The van der Waals surface area contributed by atoms with E-state index < -0.39 is 8.07 Å². The van der Waals surface area contributed by atoms with Gasteiger partial charge in [-0.1, -0.05) is 125 Å². The number of hydrogen-bond acceptors (Lipinski definition) is 1. The van der Waals surface area contributed by atoms with Gasteiger partial charge in [0.15, 0.2) is 0 Å². The minimum atomic E-state index is -1.95. The Morgan fingerprint density at radius 2 is 1.37 bits per heavy atom. The van der Waals surface area contributed by atoms with Crippen LogP contribution in [0.25, 0.3) is 5.57 Å². The van der Waals surface area contributed by atoms with Crippen molar-refractivity contribution in [1.29, 1.82) is 0 Å². The van der Waals surface area contributed by atoms with Crippen molar-refractivity contribution in [3.63, 3.8) is 0 Å². The van der Waals surface area contributed by atoms with Crippen LogP contribution in [0.5, 0.6) is 0 Å². The van der Waals surface area contributed by atoms with E-state index in [2.05, 4.69) is 126 Å². The van der Waals surface area contributed by atoms with Crippen molar-refractivity contribution in [1.82, 2.24) is 0 Å². The molecule has 0 saturated heterocycles. The number of rotatable bonds is 4. The van der Waals surface area contributed by atoms with Crippen LogP contribution in [-0.4, -0.2) is 15.2 Å². The van der Waals surface area contributed by atoms with E-state index in [9.17, 15) is 0 Å². The fourth-order valence-corrected chi connectivity index (χ4v) is 12.1. The van der Waals surface area contributed by atoms with Crippen LogP contribution in [0.15, 0.2) is 86.0 Å². The quantitative estimate of drug-likeness (QED) is 0.355. The number of benzene rings is 1. The molecule has 38 heavy (non-hydrogen) atoms. The molecule has 1 aromatic rings. The summed E-state index contributed by atoms with van der Waals surface area (Å²) >= 11 is 0. The Balaban J connectivity index is 1.91. The lowest BCUT2D eigenvalue weighted by molar-refractivity contribution is 0.282. The van der Waals surface area contributed by atoms with Gasteiger partial charge in [-0.2, -0.15) is 0 Å². The van der Waals surface area contributed by atoms with Gasteiger partial charge in [-0.25, -0.2) is 0 Å². The molecule has 3 aliphatic rings.